The van der Waals surface area contributed by atoms with Gasteiger partial charge in [0.2, 0.25) is 0 Å². The van der Waals surface area contributed by atoms with Crippen molar-refractivity contribution in [2.45, 2.75) is 108 Å². The normalized spacial score (nSPS) is 12.5. The van der Waals surface area contributed by atoms with Crippen molar-refractivity contribution < 1.29 is 9.90 Å². The van der Waals surface area contributed by atoms with E-state index in [1.165, 1.54) is 77.0 Å². The van der Waals surface area contributed by atoms with Crippen molar-refractivity contribution >= 4 is 21.9 Å². The molecule has 0 saturated heterocycles. The molecule has 0 saturated carbocycles. The summed E-state index contributed by atoms with van der Waals surface area (Å²) in [5.41, 5.74) is 0. The van der Waals surface area contributed by atoms with Crippen LogP contribution in [0.2, 0.25) is 0 Å². The zero-order valence-corrected chi connectivity index (χ0v) is 15.5. The lowest BCUT2D eigenvalue weighted by atomic mass is 10.0. The van der Waals surface area contributed by atoms with Crippen LogP contribution in [0.25, 0.3) is 0 Å². The molecule has 0 radical (unpaired) electrons. The summed E-state index contributed by atoms with van der Waals surface area (Å²) in [5, 5.41) is 8.66. The van der Waals surface area contributed by atoms with Crippen LogP contribution in [-0.4, -0.2) is 15.9 Å². The molecule has 1 atom stereocenters. The molecule has 0 fully saturated rings. The van der Waals surface area contributed by atoms with E-state index in [0.29, 0.717) is 0 Å². The number of hydrogen-bond donors (Lipinski definition) is 1. The van der Waals surface area contributed by atoms with Gasteiger partial charge in [-0.1, -0.05) is 106 Å². The summed E-state index contributed by atoms with van der Waals surface area (Å²) in [7, 11) is 0. The van der Waals surface area contributed by atoms with E-state index in [1.807, 2.05) is 0 Å². The SMILES string of the molecule is CCCCCCCCCCCCCCCC(Br)CC(=O)O. The lowest BCUT2D eigenvalue weighted by Crippen LogP contribution is -2.06. The summed E-state index contributed by atoms with van der Waals surface area (Å²) in [6.45, 7) is 2.27. The number of unbranched alkanes of at least 4 members (excludes halogenated alkanes) is 12. The largest absolute Gasteiger partial charge is 0.481 e. The quantitative estimate of drug-likeness (QED) is 0.244. The van der Waals surface area contributed by atoms with Gasteiger partial charge in [0.15, 0.2) is 0 Å². The minimum Gasteiger partial charge on any atom is -0.481 e. The molecule has 3 heteroatoms. The highest BCUT2D eigenvalue weighted by Gasteiger charge is 2.08. The number of aliphatic carboxylic acids is 1. The highest BCUT2D eigenvalue weighted by molar-refractivity contribution is 9.09. The number of carbonyl (C=O) groups is 1. The Morgan fingerprint density at radius 3 is 1.57 bits per heavy atom. The summed E-state index contributed by atoms with van der Waals surface area (Å²) in [5.74, 6) is -0.702. The standard InChI is InChI=1S/C18H35BrO2/c1-2-3-4-5-6-7-8-9-10-11-12-13-14-15-17(19)16-18(20)21/h17H,2-16H2,1H3,(H,20,21). The Morgan fingerprint density at radius 2 is 1.19 bits per heavy atom. The fraction of sp³-hybridized carbons (Fsp3) is 0.944. The van der Waals surface area contributed by atoms with E-state index >= 15 is 0 Å². The third-order valence-electron chi connectivity index (χ3n) is 4.02. The molecule has 1 N–H and O–H groups in total. The highest BCUT2D eigenvalue weighted by Crippen LogP contribution is 2.16. The number of hydrogen-bond acceptors (Lipinski definition) is 1. The molecule has 0 heterocycles. The van der Waals surface area contributed by atoms with Gasteiger partial charge < -0.3 is 5.11 Å². The van der Waals surface area contributed by atoms with Crippen molar-refractivity contribution in [3.05, 3.63) is 0 Å². The second-order valence-electron chi connectivity index (χ2n) is 6.23. The van der Waals surface area contributed by atoms with Crippen molar-refractivity contribution in [1.82, 2.24) is 0 Å². The van der Waals surface area contributed by atoms with Gasteiger partial charge in [0.25, 0.3) is 0 Å². The topological polar surface area (TPSA) is 37.3 Å². The van der Waals surface area contributed by atoms with Crippen molar-refractivity contribution in [3.8, 4) is 0 Å². The second kappa shape index (κ2) is 16.3. The third-order valence-corrected chi connectivity index (χ3v) is 4.80. The Bertz CT molecular complexity index is 231. The first-order valence-electron chi connectivity index (χ1n) is 9.02. The lowest BCUT2D eigenvalue weighted by molar-refractivity contribution is -0.136. The van der Waals surface area contributed by atoms with Crippen molar-refractivity contribution in [2.24, 2.45) is 0 Å². The van der Waals surface area contributed by atoms with Crippen molar-refractivity contribution in [2.75, 3.05) is 0 Å². The van der Waals surface area contributed by atoms with Crippen LogP contribution >= 0.6 is 15.9 Å². The van der Waals surface area contributed by atoms with Gasteiger partial charge in [-0.3, -0.25) is 4.79 Å². The van der Waals surface area contributed by atoms with Crippen LogP contribution in [0.5, 0.6) is 0 Å². The molecular weight excluding hydrogens is 328 g/mol. The number of halogens is 1. The van der Waals surface area contributed by atoms with Crippen LogP contribution in [0.4, 0.5) is 0 Å². The maximum absolute atomic E-state index is 10.5. The van der Waals surface area contributed by atoms with Gasteiger partial charge >= 0.3 is 5.97 Å². The molecule has 0 aromatic carbocycles. The predicted molar refractivity (Wildman–Crippen MR) is 95.3 cm³/mol. The van der Waals surface area contributed by atoms with E-state index in [9.17, 15) is 4.79 Å². The average Bonchev–Trinajstić information content (AvgIpc) is 2.43. The Kier molecular flexibility index (Phi) is 16.3. The maximum Gasteiger partial charge on any atom is 0.304 e. The molecule has 0 rings (SSSR count). The zero-order chi connectivity index (χ0) is 15.8. The molecule has 0 aromatic rings. The van der Waals surface area contributed by atoms with Gasteiger partial charge in [-0.05, 0) is 6.42 Å². The summed E-state index contributed by atoms with van der Waals surface area (Å²) in [6, 6.07) is 0. The second-order valence-corrected chi connectivity index (χ2v) is 7.52. The minimum absolute atomic E-state index is 0.155. The van der Waals surface area contributed by atoms with Gasteiger partial charge in [-0.15, -0.1) is 0 Å². The summed E-state index contributed by atoms with van der Waals surface area (Å²) in [4.78, 5) is 10.7. The number of carboxylic acids is 1. The molecule has 0 bridgehead atoms. The Hall–Kier alpha value is -0.0500. The zero-order valence-electron chi connectivity index (χ0n) is 13.9. The first-order chi connectivity index (χ1) is 10.2. The van der Waals surface area contributed by atoms with E-state index < -0.39 is 5.97 Å². The molecule has 126 valence electrons. The fourth-order valence-electron chi connectivity index (χ4n) is 2.68. The third kappa shape index (κ3) is 17.9. The van der Waals surface area contributed by atoms with E-state index in [4.69, 9.17) is 5.11 Å². The molecule has 21 heavy (non-hydrogen) atoms. The first kappa shape index (κ1) is 20.9. The molecule has 0 aliphatic carbocycles. The van der Waals surface area contributed by atoms with Gasteiger partial charge in [-0.2, -0.15) is 0 Å². The Labute approximate surface area is 140 Å². The van der Waals surface area contributed by atoms with Crippen LogP contribution in [0, 0.1) is 0 Å². The number of rotatable bonds is 16. The first-order valence-corrected chi connectivity index (χ1v) is 9.94. The fourth-order valence-corrected chi connectivity index (χ4v) is 3.28. The van der Waals surface area contributed by atoms with Crippen molar-refractivity contribution in [1.29, 1.82) is 0 Å². The average molecular weight is 363 g/mol. The molecular formula is C18H35BrO2. The van der Waals surface area contributed by atoms with E-state index in [2.05, 4.69) is 22.9 Å². The Morgan fingerprint density at radius 1 is 0.810 bits per heavy atom. The molecule has 2 nitrogen and oxygen atoms in total. The van der Waals surface area contributed by atoms with Gasteiger partial charge in [0, 0.05) is 4.83 Å². The van der Waals surface area contributed by atoms with Crippen LogP contribution in [0.3, 0.4) is 0 Å². The smallest absolute Gasteiger partial charge is 0.304 e. The molecule has 0 aromatic heterocycles. The number of carboxylic acid groups (broad SMARTS) is 1. The molecule has 1 unspecified atom stereocenters. The summed E-state index contributed by atoms with van der Waals surface area (Å²) in [6.07, 6.45) is 18.9. The minimum atomic E-state index is -0.702. The maximum atomic E-state index is 10.5. The molecule has 0 spiro atoms. The van der Waals surface area contributed by atoms with Crippen LogP contribution in [0.1, 0.15) is 103 Å². The predicted octanol–water partition coefficient (Wildman–Crippen LogP) is 6.71. The van der Waals surface area contributed by atoms with Gasteiger partial charge in [-0.25, -0.2) is 0 Å². The van der Waals surface area contributed by atoms with E-state index in [-0.39, 0.29) is 11.2 Å². The lowest BCUT2D eigenvalue weighted by Gasteiger charge is -2.06. The molecule has 0 aliphatic rings. The van der Waals surface area contributed by atoms with Gasteiger partial charge in [0.05, 0.1) is 6.42 Å². The molecule has 0 aliphatic heterocycles. The molecule has 0 amide bonds. The summed E-state index contributed by atoms with van der Waals surface area (Å²) < 4.78 is 0. The number of alkyl halides is 1. The van der Waals surface area contributed by atoms with E-state index in [0.717, 1.165) is 12.8 Å². The monoisotopic (exact) mass is 362 g/mol. The van der Waals surface area contributed by atoms with Gasteiger partial charge in [0.1, 0.15) is 0 Å². The van der Waals surface area contributed by atoms with Crippen molar-refractivity contribution in [3.63, 3.8) is 0 Å². The van der Waals surface area contributed by atoms with E-state index in [1.54, 1.807) is 0 Å². The van der Waals surface area contributed by atoms with Crippen LogP contribution < -0.4 is 0 Å². The summed E-state index contributed by atoms with van der Waals surface area (Å²) >= 11 is 3.43. The van der Waals surface area contributed by atoms with Crippen LogP contribution in [0.15, 0.2) is 0 Å². The Balaban J connectivity index is 3.07. The highest BCUT2D eigenvalue weighted by atomic mass is 79.9. The van der Waals surface area contributed by atoms with Crippen LogP contribution in [-0.2, 0) is 4.79 Å².